The van der Waals surface area contributed by atoms with Gasteiger partial charge in [-0.1, -0.05) is 30.3 Å². The van der Waals surface area contributed by atoms with Gasteiger partial charge in [0.25, 0.3) is 0 Å². The minimum atomic E-state index is -0.454. The van der Waals surface area contributed by atoms with Crippen LogP contribution in [-0.2, 0) is 14.3 Å². The Morgan fingerprint density at radius 2 is 1.67 bits per heavy atom. The lowest BCUT2D eigenvalue weighted by Crippen LogP contribution is -2.39. The molecule has 1 saturated carbocycles. The molecule has 2 aromatic rings. The van der Waals surface area contributed by atoms with Gasteiger partial charge in [0.05, 0.1) is 18.1 Å². The molecule has 2 aromatic carbocycles. The second kappa shape index (κ2) is 10.5. The quantitative estimate of drug-likeness (QED) is 0.426. The van der Waals surface area contributed by atoms with Crippen molar-refractivity contribution in [1.82, 2.24) is 0 Å². The highest BCUT2D eigenvalue weighted by Gasteiger charge is 2.43. The van der Waals surface area contributed by atoms with Crippen molar-refractivity contribution < 1.29 is 23.8 Å². The summed E-state index contributed by atoms with van der Waals surface area (Å²) in [6, 6.07) is 17.0. The summed E-state index contributed by atoms with van der Waals surface area (Å²) in [6.07, 6.45) is 2.08. The van der Waals surface area contributed by atoms with Gasteiger partial charge in [-0.15, -0.1) is 0 Å². The van der Waals surface area contributed by atoms with E-state index in [1.807, 2.05) is 68.4 Å². The summed E-state index contributed by atoms with van der Waals surface area (Å²) < 4.78 is 16.8. The first-order valence-corrected chi connectivity index (χ1v) is 11.5. The van der Waals surface area contributed by atoms with Gasteiger partial charge in [-0.2, -0.15) is 0 Å². The molecule has 1 heterocycles. The first-order valence-electron chi connectivity index (χ1n) is 11.5. The van der Waals surface area contributed by atoms with Crippen molar-refractivity contribution in [2.45, 2.75) is 39.0 Å². The number of benzene rings is 2. The van der Waals surface area contributed by atoms with Gasteiger partial charge in [0.15, 0.2) is 0 Å². The molecule has 1 unspecified atom stereocenters. The standard InChI is InChI=1S/C27H29NO5/c1-3-31-21-14-12-19(13-15-21)25-24(18(2)28-22-10-7-11-23(29)26(22)25)27(30)33-17-16-32-20-8-5-4-6-9-20/h4-6,8-9,12-15,25-26H,3,7,10-11,16-17H2,1-2H3/t25-,26?/m1/s1. The Labute approximate surface area is 194 Å². The third-order valence-corrected chi connectivity index (χ3v) is 6.01. The number of ketones is 1. The van der Waals surface area contributed by atoms with Crippen LogP contribution in [0, 0.1) is 5.92 Å². The van der Waals surface area contributed by atoms with E-state index in [0.717, 1.165) is 35.6 Å². The molecule has 1 fully saturated rings. The molecule has 0 amide bonds. The number of hydrogen-bond donors (Lipinski definition) is 0. The van der Waals surface area contributed by atoms with Crippen molar-refractivity contribution in [2.75, 3.05) is 19.8 Å². The second-order valence-corrected chi connectivity index (χ2v) is 8.18. The molecule has 0 radical (unpaired) electrons. The third-order valence-electron chi connectivity index (χ3n) is 6.01. The molecular formula is C27H29NO5. The van der Waals surface area contributed by atoms with Crippen LogP contribution in [0.2, 0.25) is 0 Å². The fourth-order valence-corrected chi connectivity index (χ4v) is 4.57. The largest absolute Gasteiger partial charge is 0.494 e. The smallest absolute Gasteiger partial charge is 0.336 e. The first-order chi connectivity index (χ1) is 16.1. The van der Waals surface area contributed by atoms with Gasteiger partial charge in [-0.05, 0) is 56.5 Å². The van der Waals surface area contributed by atoms with Gasteiger partial charge >= 0.3 is 5.97 Å². The molecule has 6 nitrogen and oxygen atoms in total. The third kappa shape index (κ3) is 5.16. The number of hydrogen-bond acceptors (Lipinski definition) is 6. The van der Waals surface area contributed by atoms with E-state index in [0.29, 0.717) is 24.3 Å². The van der Waals surface area contributed by atoms with E-state index in [2.05, 4.69) is 4.99 Å². The number of allylic oxidation sites excluding steroid dienone is 1. The van der Waals surface area contributed by atoms with Crippen LogP contribution in [0.1, 0.15) is 44.6 Å². The van der Waals surface area contributed by atoms with Crippen molar-refractivity contribution in [1.29, 1.82) is 0 Å². The van der Waals surface area contributed by atoms with E-state index >= 15 is 0 Å². The van der Waals surface area contributed by atoms with Gasteiger partial charge < -0.3 is 14.2 Å². The van der Waals surface area contributed by atoms with Gasteiger partial charge in [0.1, 0.15) is 30.5 Å². The van der Waals surface area contributed by atoms with E-state index in [4.69, 9.17) is 14.2 Å². The van der Waals surface area contributed by atoms with Crippen molar-refractivity contribution in [3.8, 4) is 11.5 Å². The summed E-state index contributed by atoms with van der Waals surface area (Å²) in [6.45, 7) is 4.67. The van der Waals surface area contributed by atoms with Crippen LogP contribution in [0.4, 0.5) is 0 Å². The predicted octanol–water partition coefficient (Wildman–Crippen LogP) is 4.89. The van der Waals surface area contributed by atoms with E-state index < -0.39 is 17.8 Å². The molecule has 4 rings (SSSR count). The summed E-state index contributed by atoms with van der Waals surface area (Å²) in [5.74, 6) is 0.306. The summed E-state index contributed by atoms with van der Waals surface area (Å²) in [7, 11) is 0. The average molecular weight is 448 g/mol. The molecule has 172 valence electrons. The zero-order valence-corrected chi connectivity index (χ0v) is 19.1. The van der Waals surface area contributed by atoms with Gasteiger partial charge in [-0.3, -0.25) is 9.79 Å². The van der Waals surface area contributed by atoms with Crippen LogP contribution in [0.15, 0.2) is 70.9 Å². The highest BCUT2D eigenvalue weighted by atomic mass is 16.6. The Morgan fingerprint density at radius 3 is 2.39 bits per heavy atom. The molecule has 1 aliphatic carbocycles. The van der Waals surface area contributed by atoms with Gasteiger partial charge in [-0.25, -0.2) is 4.79 Å². The molecule has 6 heteroatoms. The van der Waals surface area contributed by atoms with E-state index in [9.17, 15) is 9.59 Å². The highest BCUT2D eigenvalue weighted by molar-refractivity contribution is 6.11. The van der Waals surface area contributed by atoms with Gasteiger partial charge in [0.2, 0.25) is 0 Å². The maximum Gasteiger partial charge on any atom is 0.336 e. The van der Waals surface area contributed by atoms with Gasteiger partial charge in [0, 0.05) is 23.7 Å². The Balaban J connectivity index is 1.56. The van der Waals surface area contributed by atoms with Crippen LogP contribution in [0.25, 0.3) is 0 Å². The Bertz CT molecular complexity index is 1060. The van der Waals surface area contributed by atoms with Crippen molar-refractivity contribution >= 4 is 17.5 Å². The zero-order valence-electron chi connectivity index (χ0n) is 19.1. The highest BCUT2D eigenvalue weighted by Crippen LogP contribution is 2.43. The molecule has 0 saturated heterocycles. The van der Waals surface area contributed by atoms with E-state index in [-0.39, 0.29) is 19.0 Å². The molecule has 0 aromatic heterocycles. The lowest BCUT2D eigenvalue weighted by atomic mass is 9.69. The first kappa shape index (κ1) is 22.8. The fourth-order valence-electron chi connectivity index (χ4n) is 4.57. The lowest BCUT2D eigenvalue weighted by Gasteiger charge is -2.35. The number of Topliss-reactive ketones (excluding diaryl/α,β-unsaturated/α-hetero) is 1. The van der Waals surface area contributed by atoms with Crippen LogP contribution < -0.4 is 9.47 Å². The molecular weight excluding hydrogens is 418 g/mol. The summed E-state index contributed by atoms with van der Waals surface area (Å²) in [5.41, 5.74) is 2.82. The normalized spacial score (nSPS) is 20.1. The number of carbonyl (C=O) groups excluding carboxylic acids is 2. The van der Waals surface area contributed by atoms with Crippen molar-refractivity contribution in [3.05, 3.63) is 71.4 Å². The maximum absolute atomic E-state index is 13.2. The maximum atomic E-state index is 13.2. The Kier molecular flexibility index (Phi) is 7.23. The van der Waals surface area contributed by atoms with E-state index in [1.165, 1.54) is 0 Å². The zero-order chi connectivity index (χ0) is 23.2. The monoisotopic (exact) mass is 447 g/mol. The summed E-state index contributed by atoms with van der Waals surface area (Å²) >= 11 is 0. The number of fused-ring (bicyclic) bond motifs is 1. The minimum absolute atomic E-state index is 0.107. The van der Waals surface area contributed by atoms with E-state index in [1.54, 1.807) is 0 Å². The number of aliphatic imine (C=N–C) groups is 1. The molecule has 33 heavy (non-hydrogen) atoms. The second-order valence-electron chi connectivity index (χ2n) is 8.18. The molecule has 0 bridgehead atoms. The molecule has 0 N–H and O–H groups in total. The number of ether oxygens (including phenoxy) is 3. The molecule has 1 aliphatic heterocycles. The summed E-state index contributed by atoms with van der Waals surface area (Å²) in [5, 5.41) is 0. The Hall–Kier alpha value is -3.41. The topological polar surface area (TPSA) is 74.2 Å². The number of nitrogens with zero attached hydrogens (tertiary/aromatic N) is 1. The molecule has 2 aliphatic rings. The minimum Gasteiger partial charge on any atom is -0.494 e. The van der Waals surface area contributed by atoms with Crippen LogP contribution in [0.3, 0.4) is 0 Å². The lowest BCUT2D eigenvalue weighted by molar-refractivity contribution is -0.140. The number of para-hydroxylation sites is 1. The molecule has 2 atom stereocenters. The average Bonchev–Trinajstić information content (AvgIpc) is 2.82. The van der Waals surface area contributed by atoms with Crippen LogP contribution >= 0.6 is 0 Å². The van der Waals surface area contributed by atoms with Crippen LogP contribution in [0.5, 0.6) is 11.5 Å². The Morgan fingerprint density at radius 1 is 0.939 bits per heavy atom. The number of carbonyl (C=O) groups is 2. The number of esters is 1. The van der Waals surface area contributed by atoms with Crippen LogP contribution in [-0.4, -0.2) is 37.3 Å². The van der Waals surface area contributed by atoms with Crippen molar-refractivity contribution in [2.24, 2.45) is 10.9 Å². The summed E-state index contributed by atoms with van der Waals surface area (Å²) in [4.78, 5) is 30.9. The predicted molar refractivity (Wildman–Crippen MR) is 126 cm³/mol. The number of rotatable bonds is 8. The SMILES string of the molecule is CCOc1ccc([C@@H]2C(C(=O)OCCOc3ccccc3)=C(C)N=C3CCCC(=O)C32)cc1. The van der Waals surface area contributed by atoms with Crippen molar-refractivity contribution in [3.63, 3.8) is 0 Å². The fraction of sp³-hybridized carbons (Fsp3) is 0.370. The molecule has 0 spiro atoms.